The number of rotatable bonds is 0. The molecule has 0 bridgehead atoms. The zero-order valence-electron chi connectivity index (χ0n) is 5.98. The average molecular weight is 138 g/mol. The van der Waals surface area contributed by atoms with E-state index in [1.54, 1.807) is 0 Å². The van der Waals surface area contributed by atoms with Gasteiger partial charge in [0.05, 0.1) is 0 Å². The Balaban J connectivity index is 2.45. The van der Waals surface area contributed by atoms with E-state index >= 15 is 0 Å². The highest BCUT2D eigenvalue weighted by molar-refractivity contribution is 5.51. The number of anilines is 1. The van der Waals surface area contributed by atoms with Gasteiger partial charge in [0.2, 0.25) is 0 Å². The number of fused-ring (bicyclic) bond motifs is 1. The van der Waals surface area contributed by atoms with E-state index in [9.17, 15) is 0 Å². The van der Waals surface area contributed by atoms with Crippen molar-refractivity contribution >= 4 is 5.69 Å². The van der Waals surface area contributed by atoms with E-state index in [4.69, 9.17) is 4.52 Å². The maximum Gasteiger partial charge on any atom is 0.160 e. The van der Waals surface area contributed by atoms with Gasteiger partial charge in [-0.2, -0.15) is 0 Å². The van der Waals surface area contributed by atoms with Crippen LogP contribution in [0.15, 0.2) is 4.52 Å². The summed E-state index contributed by atoms with van der Waals surface area (Å²) in [6.45, 7) is 3.01. The number of nitrogens with one attached hydrogen (secondary N) is 1. The molecule has 10 heavy (non-hydrogen) atoms. The van der Waals surface area contributed by atoms with Crippen LogP contribution in [0.3, 0.4) is 0 Å². The van der Waals surface area contributed by atoms with Gasteiger partial charge in [-0.05, 0) is 13.3 Å². The van der Waals surface area contributed by atoms with Gasteiger partial charge in [0.25, 0.3) is 0 Å². The molecule has 1 aliphatic heterocycles. The van der Waals surface area contributed by atoms with Gasteiger partial charge in [0.1, 0.15) is 11.4 Å². The Bertz CT molecular complexity index is 242. The van der Waals surface area contributed by atoms with Crippen LogP contribution in [0.1, 0.15) is 17.9 Å². The molecule has 3 heteroatoms. The molecule has 2 heterocycles. The van der Waals surface area contributed by atoms with Crippen LogP contribution in [0, 0.1) is 6.92 Å². The second-order valence-corrected chi connectivity index (χ2v) is 2.60. The van der Waals surface area contributed by atoms with E-state index in [2.05, 4.69) is 10.5 Å². The first kappa shape index (κ1) is 5.77. The third-order valence-electron chi connectivity index (χ3n) is 1.82. The first-order chi connectivity index (χ1) is 4.88. The molecule has 0 saturated carbocycles. The monoisotopic (exact) mass is 138 g/mol. The molecular weight excluding hydrogens is 128 g/mol. The molecule has 0 atom stereocenters. The lowest BCUT2D eigenvalue weighted by Crippen LogP contribution is -2.10. The van der Waals surface area contributed by atoms with Gasteiger partial charge in [0, 0.05) is 13.0 Å². The predicted molar refractivity (Wildman–Crippen MR) is 38.1 cm³/mol. The molecular formula is C7H10N2O. The minimum Gasteiger partial charge on any atom is -0.381 e. The third kappa shape index (κ3) is 0.701. The van der Waals surface area contributed by atoms with Crippen molar-refractivity contribution in [1.29, 1.82) is 0 Å². The molecule has 0 aliphatic carbocycles. The molecule has 2 rings (SSSR count). The molecule has 1 N–H and O–H groups in total. The van der Waals surface area contributed by atoms with Crippen molar-refractivity contribution in [3.8, 4) is 0 Å². The zero-order chi connectivity index (χ0) is 6.97. The zero-order valence-corrected chi connectivity index (χ0v) is 5.98. The van der Waals surface area contributed by atoms with E-state index in [1.807, 2.05) is 6.92 Å². The summed E-state index contributed by atoms with van der Waals surface area (Å²) in [6, 6.07) is 0. The smallest absolute Gasteiger partial charge is 0.160 e. The minimum atomic E-state index is 0.981. The second-order valence-electron chi connectivity index (χ2n) is 2.60. The van der Waals surface area contributed by atoms with Gasteiger partial charge < -0.3 is 9.84 Å². The highest BCUT2D eigenvalue weighted by atomic mass is 16.5. The van der Waals surface area contributed by atoms with Crippen LogP contribution in [0.4, 0.5) is 5.69 Å². The van der Waals surface area contributed by atoms with Gasteiger partial charge in [-0.1, -0.05) is 5.16 Å². The fourth-order valence-electron chi connectivity index (χ4n) is 1.28. The average Bonchev–Trinajstić information content (AvgIpc) is 2.34. The Kier molecular flexibility index (Phi) is 1.16. The fraction of sp³-hybridized carbons (Fsp3) is 0.571. The maximum atomic E-state index is 5.07. The van der Waals surface area contributed by atoms with Crippen LogP contribution in [-0.2, 0) is 6.42 Å². The van der Waals surface area contributed by atoms with E-state index in [1.165, 1.54) is 0 Å². The molecule has 1 aromatic rings. The van der Waals surface area contributed by atoms with Crippen molar-refractivity contribution in [2.24, 2.45) is 0 Å². The number of hydrogen-bond donors (Lipinski definition) is 1. The quantitative estimate of drug-likeness (QED) is 0.588. The Morgan fingerprint density at radius 1 is 1.60 bits per heavy atom. The molecule has 0 unspecified atom stereocenters. The van der Waals surface area contributed by atoms with Gasteiger partial charge in [-0.15, -0.1) is 0 Å². The summed E-state index contributed by atoms with van der Waals surface area (Å²) in [4.78, 5) is 0. The molecule has 0 radical (unpaired) electrons. The van der Waals surface area contributed by atoms with Crippen LogP contribution < -0.4 is 5.32 Å². The summed E-state index contributed by atoms with van der Waals surface area (Å²) >= 11 is 0. The summed E-state index contributed by atoms with van der Waals surface area (Å²) in [5.74, 6) is 1.02. The summed E-state index contributed by atoms with van der Waals surface area (Å²) in [5, 5.41) is 7.12. The summed E-state index contributed by atoms with van der Waals surface area (Å²) in [7, 11) is 0. The second kappa shape index (κ2) is 2.01. The Morgan fingerprint density at radius 3 is 3.30 bits per heavy atom. The molecule has 0 spiro atoms. The standard InChI is InChI=1S/C7H10N2O/c1-5-7-6(10-9-5)3-2-4-8-7/h8H,2-4H2,1H3. The van der Waals surface area contributed by atoms with Gasteiger partial charge in [0.15, 0.2) is 5.76 Å². The normalized spacial score (nSPS) is 16.1. The lowest BCUT2D eigenvalue weighted by atomic mass is 10.1. The Labute approximate surface area is 59.4 Å². The van der Waals surface area contributed by atoms with Crippen molar-refractivity contribution in [2.45, 2.75) is 19.8 Å². The Morgan fingerprint density at radius 2 is 2.50 bits per heavy atom. The highest BCUT2D eigenvalue weighted by Crippen LogP contribution is 2.24. The van der Waals surface area contributed by atoms with Crippen molar-refractivity contribution in [2.75, 3.05) is 11.9 Å². The van der Waals surface area contributed by atoms with Crippen LogP contribution in [0.25, 0.3) is 0 Å². The lowest BCUT2D eigenvalue weighted by Gasteiger charge is -2.10. The van der Waals surface area contributed by atoms with Crippen LogP contribution in [-0.4, -0.2) is 11.7 Å². The molecule has 54 valence electrons. The SMILES string of the molecule is Cc1noc2c1NCCC2. The number of nitrogens with zero attached hydrogens (tertiary/aromatic N) is 1. The van der Waals surface area contributed by atoms with Gasteiger partial charge in [-0.3, -0.25) is 0 Å². The van der Waals surface area contributed by atoms with E-state index in [-0.39, 0.29) is 0 Å². The number of hydrogen-bond acceptors (Lipinski definition) is 3. The first-order valence-corrected chi connectivity index (χ1v) is 3.57. The van der Waals surface area contributed by atoms with Crippen molar-refractivity contribution in [1.82, 2.24) is 5.16 Å². The van der Waals surface area contributed by atoms with Crippen LogP contribution >= 0.6 is 0 Å². The molecule has 0 aromatic carbocycles. The predicted octanol–water partition coefficient (Wildman–Crippen LogP) is 1.34. The molecule has 1 aromatic heterocycles. The molecule has 0 amide bonds. The maximum absolute atomic E-state index is 5.07. The highest BCUT2D eigenvalue weighted by Gasteiger charge is 2.15. The molecule has 3 nitrogen and oxygen atoms in total. The number of aromatic nitrogens is 1. The lowest BCUT2D eigenvalue weighted by molar-refractivity contribution is 0.376. The molecule has 0 fully saturated rings. The van der Waals surface area contributed by atoms with Crippen molar-refractivity contribution in [3.63, 3.8) is 0 Å². The summed E-state index contributed by atoms with van der Waals surface area (Å²) in [6.07, 6.45) is 2.19. The number of aryl methyl sites for hydroxylation is 2. The Hall–Kier alpha value is -0.990. The summed E-state index contributed by atoms with van der Waals surface area (Å²) in [5.41, 5.74) is 2.10. The van der Waals surface area contributed by atoms with Crippen LogP contribution in [0.2, 0.25) is 0 Å². The first-order valence-electron chi connectivity index (χ1n) is 3.57. The van der Waals surface area contributed by atoms with Crippen LogP contribution in [0.5, 0.6) is 0 Å². The topological polar surface area (TPSA) is 38.1 Å². The van der Waals surface area contributed by atoms with Gasteiger partial charge >= 0.3 is 0 Å². The molecule has 0 saturated heterocycles. The van der Waals surface area contributed by atoms with E-state index in [0.717, 1.165) is 36.5 Å². The van der Waals surface area contributed by atoms with Crippen molar-refractivity contribution in [3.05, 3.63) is 11.5 Å². The van der Waals surface area contributed by atoms with E-state index in [0.29, 0.717) is 0 Å². The molecule has 1 aliphatic rings. The minimum absolute atomic E-state index is 0.981. The van der Waals surface area contributed by atoms with Crippen molar-refractivity contribution < 1.29 is 4.52 Å². The summed E-state index contributed by atoms with van der Waals surface area (Å²) < 4.78 is 5.07. The van der Waals surface area contributed by atoms with E-state index < -0.39 is 0 Å². The fourth-order valence-corrected chi connectivity index (χ4v) is 1.28. The third-order valence-corrected chi connectivity index (χ3v) is 1.82. The van der Waals surface area contributed by atoms with Gasteiger partial charge in [-0.25, -0.2) is 0 Å². The largest absolute Gasteiger partial charge is 0.381 e.